The first-order valence-corrected chi connectivity index (χ1v) is 4.50. The van der Waals surface area contributed by atoms with Crippen molar-refractivity contribution in [3.05, 3.63) is 35.4 Å². The smallest absolute Gasteiger partial charge is 0.416 e. The van der Waals surface area contributed by atoms with Gasteiger partial charge in [-0.2, -0.15) is 26.3 Å². The number of benzene rings is 1. The van der Waals surface area contributed by atoms with Gasteiger partial charge >= 0.3 is 18.3 Å². The van der Waals surface area contributed by atoms with E-state index < -0.39 is 35.4 Å². The second-order valence-corrected chi connectivity index (χ2v) is 3.43. The van der Waals surface area contributed by atoms with Gasteiger partial charge in [-0.25, -0.2) is 0 Å². The Labute approximate surface area is 96.8 Å². The summed E-state index contributed by atoms with van der Waals surface area (Å²) in [5, 5.41) is 8.45. The maximum absolute atomic E-state index is 12.4. The summed E-state index contributed by atoms with van der Waals surface area (Å²) >= 11 is 0. The molecule has 1 unspecified atom stereocenters. The maximum Gasteiger partial charge on any atom is 0.416 e. The van der Waals surface area contributed by atoms with Gasteiger partial charge in [-0.15, -0.1) is 0 Å². The van der Waals surface area contributed by atoms with E-state index in [1.807, 2.05) is 0 Å². The first kappa shape index (κ1) is 14.3. The zero-order valence-corrected chi connectivity index (χ0v) is 8.51. The van der Waals surface area contributed by atoms with Crippen LogP contribution in [0.15, 0.2) is 24.3 Å². The van der Waals surface area contributed by atoms with Crippen molar-refractivity contribution in [3.63, 3.8) is 0 Å². The zero-order chi connectivity index (χ0) is 14.1. The third kappa shape index (κ3) is 3.14. The minimum Gasteiger partial charge on any atom is -0.481 e. The second kappa shape index (κ2) is 4.51. The summed E-state index contributed by atoms with van der Waals surface area (Å²) in [6, 6.07) is 1.85. The number of rotatable bonds is 2. The molecule has 1 N–H and O–H groups in total. The van der Waals surface area contributed by atoms with Gasteiger partial charge in [-0.1, -0.05) is 12.1 Å². The van der Waals surface area contributed by atoms with Crippen molar-refractivity contribution in [2.45, 2.75) is 18.3 Å². The summed E-state index contributed by atoms with van der Waals surface area (Å²) in [5.74, 6) is -5.00. The summed E-state index contributed by atoms with van der Waals surface area (Å²) in [5.41, 5.74) is -1.89. The monoisotopic (exact) mass is 272 g/mol. The highest BCUT2D eigenvalue weighted by Gasteiger charge is 2.46. The molecule has 0 fully saturated rings. The number of carbonyl (C=O) groups is 1. The number of aliphatic carboxylic acids is 1. The molecule has 0 aromatic heterocycles. The Hall–Kier alpha value is -1.73. The number of hydrogen-bond acceptors (Lipinski definition) is 1. The fraction of sp³-hybridized carbons (Fsp3) is 0.300. The average molecular weight is 272 g/mol. The van der Waals surface area contributed by atoms with Crippen LogP contribution in [0.3, 0.4) is 0 Å². The van der Waals surface area contributed by atoms with E-state index >= 15 is 0 Å². The first-order chi connectivity index (χ1) is 8.03. The number of halogens is 6. The molecule has 0 bridgehead atoms. The van der Waals surface area contributed by atoms with E-state index in [9.17, 15) is 31.1 Å². The lowest BCUT2D eigenvalue weighted by molar-refractivity contribution is -0.176. The van der Waals surface area contributed by atoms with Crippen LogP contribution in [-0.4, -0.2) is 17.3 Å². The van der Waals surface area contributed by atoms with E-state index in [2.05, 4.69) is 0 Å². The van der Waals surface area contributed by atoms with Crippen LogP contribution in [0, 0.1) is 0 Å². The molecule has 0 saturated carbocycles. The summed E-state index contributed by atoms with van der Waals surface area (Å²) in [4.78, 5) is 10.5. The predicted octanol–water partition coefficient (Wildman–Crippen LogP) is 3.44. The molecule has 0 spiro atoms. The van der Waals surface area contributed by atoms with Crippen LogP contribution in [0.4, 0.5) is 26.3 Å². The molecule has 0 aliphatic heterocycles. The van der Waals surface area contributed by atoms with Gasteiger partial charge in [-0.3, -0.25) is 4.79 Å². The fourth-order valence-electron chi connectivity index (χ4n) is 1.34. The third-order valence-electron chi connectivity index (χ3n) is 2.15. The number of carboxylic acid groups (broad SMARTS) is 1. The molecule has 1 rings (SSSR count). The van der Waals surface area contributed by atoms with Gasteiger partial charge in [0, 0.05) is 0 Å². The Bertz CT molecular complexity index is 431. The summed E-state index contributed by atoms with van der Waals surface area (Å²) in [6.07, 6.45) is -9.75. The molecule has 0 aliphatic carbocycles. The van der Waals surface area contributed by atoms with Gasteiger partial charge in [-0.05, 0) is 17.7 Å². The lowest BCUT2D eigenvalue weighted by Gasteiger charge is -2.17. The number of alkyl halides is 6. The molecule has 0 aliphatic rings. The molecule has 1 aromatic carbocycles. The van der Waals surface area contributed by atoms with E-state index in [-0.39, 0.29) is 0 Å². The van der Waals surface area contributed by atoms with Crippen LogP contribution < -0.4 is 0 Å². The standard InChI is InChI=1S/C10H6F6O2/c11-9(12,13)6-3-1-5(2-4-6)7(8(17)18)10(14,15)16/h1-4,7H,(H,17,18). The molecule has 1 aromatic rings. The van der Waals surface area contributed by atoms with Crippen molar-refractivity contribution in [1.82, 2.24) is 0 Å². The van der Waals surface area contributed by atoms with E-state index in [1.165, 1.54) is 0 Å². The molecule has 18 heavy (non-hydrogen) atoms. The number of carboxylic acids is 1. The highest BCUT2D eigenvalue weighted by Crippen LogP contribution is 2.36. The zero-order valence-electron chi connectivity index (χ0n) is 8.51. The van der Waals surface area contributed by atoms with Crippen molar-refractivity contribution in [1.29, 1.82) is 0 Å². The van der Waals surface area contributed by atoms with Crippen molar-refractivity contribution in [3.8, 4) is 0 Å². The van der Waals surface area contributed by atoms with Gasteiger partial charge < -0.3 is 5.11 Å². The molecular weight excluding hydrogens is 266 g/mol. The van der Waals surface area contributed by atoms with Crippen molar-refractivity contribution in [2.24, 2.45) is 0 Å². The predicted molar refractivity (Wildman–Crippen MR) is 47.9 cm³/mol. The molecule has 0 radical (unpaired) electrons. The topological polar surface area (TPSA) is 37.3 Å². The Kier molecular flexibility index (Phi) is 3.59. The van der Waals surface area contributed by atoms with E-state index in [0.717, 1.165) is 0 Å². The largest absolute Gasteiger partial charge is 0.481 e. The van der Waals surface area contributed by atoms with Crippen LogP contribution in [0.5, 0.6) is 0 Å². The normalized spacial score (nSPS) is 14.3. The van der Waals surface area contributed by atoms with Gasteiger partial charge in [0.25, 0.3) is 0 Å². The highest BCUT2D eigenvalue weighted by molar-refractivity contribution is 5.77. The van der Waals surface area contributed by atoms with E-state index in [1.54, 1.807) is 0 Å². The molecule has 0 saturated heterocycles. The van der Waals surface area contributed by atoms with Crippen LogP contribution in [0.1, 0.15) is 17.0 Å². The summed E-state index contributed by atoms with van der Waals surface area (Å²) in [7, 11) is 0. The molecular formula is C10H6F6O2. The molecule has 8 heteroatoms. The molecule has 0 heterocycles. The summed E-state index contributed by atoms with van der Waals surface area (Å²) < 4.78 is 73.7. The van der Waals surface area contributed by atoms with Gasteiger partial charge in [0.1, 0.15) is 0 Å². The third-order valence-corrected chi connectivity index (χ3v) is 2.15. The van der Waals surface area contributed by atoms with Crippen LogP contribution in [-0.2, 0) is 11.0 Å². The minimum absolute atomic E-state index is 0.414. The van der Waals surface area contributed by atoms with Gasteiger partial charge in [0.2, 0.25) is 0 Å². The van der Waals surface area contributed by atoms with E-state index in [4.69, 9.17) is 5.11 Å². The Morgan fingerprint density at radius 3 is 1.72 bits per heavy atom. The highest BCUT2D eigenvalue weighted by atomic mass is 19.4. The lowest BCUT2D eigenvalue weighted by Crippen LogP contribution is -2.28. The maximum atomic E-state index is 12.4. The molecule has 2 nitrogen and oxygen atoms in total. The van der Waals surface area contributed by atoms with Crippen LogP contribution in [0.2, 0.25) is 0 Å². The minimum atomic E-state index is -5.06. The van der Waals surface area contributed by atoms with Gasteiger partial charge in [0.05, 0.1) is 5.56 Å². The number of hydrogen-bond donors (Lipinski definition) is 1. The quantitative estimate of drug-likeness (QED) is 0.837. The SMILES string of the molecule is O=C(O)C(c1ccc(C(F)(F)F)cc1)C(F)(F)F. The van der Waals surface area contributed by atoms with Crippen LogP contribution in [0.25, 0.3) is 0 Å². The average Bonchev–Trinajstić information content (AvgIpc) is 2.13. The molecule has 1 atom stereocenters. The van der Waals surface area contributed by atoms with E-state index in [0.29, 0.717) is 24.3 Å². The van der Waals surface area contributed by atoms with Crippen molar-refractivity contribution >= 4 is 5.97 Å². The van der Waals surface area contributed by atoms with Crippen molar-refractivity contribution in [2.75, 3.05) is 0 Å². The van der Waals surface area contributed by atoms with Crippen molar-refractivity contribution < 1.29 is 36.2 Å². The van der Waals surface area contributed by atoms with Crippen LogP contribution >= 0.6 is 0 Å². The fourth-order valence-corrected chi connectivity index (χ4v) is 1.34. The molecule has 100 valence electrons. The Morgan fingerprint density at radius 2 is 1.44 bits per heavy atom. The van der Waals surface area contributed by atoms with Gasteiger partial charge in [0.15, 0.2) is 5.92 Å². The first-order valence-electron chi connectivity index (χ1n) is 4.50. The Balaban J connectivity index is 3.14. The second-order valence-electron chi connectivity index (χ2n) is 3.43. The lowest BCUT2D eigenvalue weighted by atomic mass is 9.97. The Morgan fingerprint density at radius 1 is 1.00 bits per heavy atom. The molecule has 0 amide bonds. The summed E-state index contributed by atoms with van der Waals surface area (Å²) in [6.45, 7) is 0.